The highest BCUT2D eigenvalue weighted by molar-refractivity contribution is 4.83. The van der Waals surface area contributed by atoms with Gasteiger partial charge in [0.05, 0.1) is 0 Å². The van der Waals surface area contributed by atoms with E-state index in [1.807, 2.05) is 0 Å². The van der Waals surface area contributed by atoms with Crippen LogP contribution in [0.15, 0.2) is 12.2 Å². The molecular formula is C29H56. The molecule has 0 aliphatic carbocycles. The summed E-state index contributed by atoms with van der Waals surface area (Å²) in [6.07, 6.45) is 30.6. The Morgan fingerprint density at radius 2 is 0.931 bits per heavy atom. The van der Waals surface area contributed by atoms with Crippen molar-refractivity contribution in [3.8, 4) is 0 Å². The summed E-state index contributed by atoms with van der Waals surface area (Å²) in [5.74, 6) is 2.70. The molecule has 0 saturated heterocycles. The van der Waals surface area contributed by atoms with Crippen LogP contribution in [0.1, 0.15) is 143 Å². The van der Waals surface area contributed by atoms with Gasteiger partial charge in [-0.1, -0.05) is 150 Å². The molecule has 2 radical (unpaired) electrons. The van der Waals surface area contributed by atoms with Gasteiger partial charge >= 0.3 is 0 Å². The average Bonchev–Trinajstić information content (AvgIpc) is 2.70. The molecule has 0 aliphatic rings. The van der Waals surface area contributed by atoms with Crippen LogP contribution in [0.4, 0.5) is 0 Å². The zero-order valence-corrected chi connectivity index (χ0v) is 20.7. The molecule has 0 saturated carbocycles. The normalized spacial score (nSPS) is 15.1. The Kier molecular flexibility index (Phi) is 22.2. The van der Waals surface area contributed by atoms with Crippen molar-refractivity contribution in [3.05, 3.63) is 26.0 Å². The molecule has 29 heavy (non-hydrogen) atoms. The van der Waals surface area contributed by atoms with Crippen LogP contribution in [0.25, 0.3) is 0 Å². The van der Waals surface area contributed by atoms with Gasteiger partial charge in [-0.15, -0.1) is 0 Å². The van der Waals surface area contributed by atoms with Crippen LogP contribution >= 0.6 is 0 Å². The summed E-state index contributed by atoms with van der Waals surface area (Å²) in [7, 11) is 0. The van der Waals surface area contributed by atoms with Crippen molar-refractivity contribution in [2.45, 2.75) is 143 Å². The Bertz CT molecular complexity index is 329. The van der Waals surface area contributed by atoms with E-state index in [0.29, 0.717) is 0 Å². The minimum atomic E-state index is 0.845. The topological polar surface area (TPSA) is 0 Å². The third kappa shape index (κ3) is 22.3. The Labute approximate surface area is 186 Å². The predicted octanol–water partition coefficient (Wildman–Crippen LogP) is 10.5. The molecule has 0 rings (SSSR count). The summed E-state index contributed by atoms with van der Waals surface area (Å²) in [4.78, 5) is 0. The van der Waals surface area contributed by atoms with E-state index in [4.69, 9.17) is 0 Å². The highest BCUT2D eigenvalue weighted by Gasteiger charge is 2.06. The van der Waals surface area contributed by atoms with Crippen molar-refractivity contribution >= 4 is 0 Å². The molecule has 0 spiro atoms. The second-order valence-electron chi connectivity index (χ2n) is 10.00. The van der Waals surface area contributed by atoms with Gasteiger partial charge in [0, 0.05) is 0 Å². The van der Waals surface area contributed by atoms with Gasteiger partial charge in [0.25, 0.3) is 0 Å². The summed E-state index contributed by atoms with van der Waals surface area (Å²) in [5, 5.41) is 0. The van der Waals surface area contributed by atoms with E-state index in [2.05, 4.69) is 46.8 Å². The second kappa shape index (κ2) is 22.4. The standard InChI is InChI=1S/C29H56/c1-6-8-10-12-13-14-15-17-22-27(3)23-18-19-24-29(5)26-20-25-28(4)21-16-11-9-7-2/h11,16,27-29H,1-2,6-10,12-15,17-26H2,3-5H3/b16-11+. The van der Waals surface area contributed by atoms with Crippen LogP contribution in [0, 0.1) is 31.6 Å². The van der Waals surface area contributed by atoms with Crippen molar-refractivity contribution < 1.29 is 0 Å². The summed E-state index contributed by atoms with van der Waals surface area (Å²) < 4.78 is 0. The van der Waals surface area contributed by atoms with Gasteiger partial charge in [-0.3, -0.25) is 0 Å². The number of hydrogen-bond donors (Lipinski definition) is 0. The molecule has 0 aromatic carbocycles. The minimum Gasteiger partial charge on any atom is -0.0885 e. The van der Waals surface area contributed by atoms with Crippen molar-refractivity contribution in [1.82, 2.24) is 0 Å². The minimum absolute atomic E-state index is 0.845. The first-order chi connectivity index (χ1) is 14.1. The van der Waals surface area contributed by atoms with Crippen LogP contribution in [-0.4, -0.2) is 0 Å². The third-order valence-corrected chi connectivity index (χ3v) is 6.56. The van der Waals surface area contributed by atoms with E-state index in [1.54, 1.807) is 0 Å². The van der Waals surface area contributed by atoms with Crippen molar-refractivity contribution in [2.75, 3.05) is 0 Å². The highest BCUT2D eigenvalue weighted by atomic mass is 14.1. The van der Waals surface area contributed by atoms with Gasteiger partial charge in [-0.05, 0) is 37.0 Å². The Morgan fingerprint density at radius 3 is 1.48 bits per heavy atom. The van der Waals surface area contributed by atoms with E-state index in [0.717, 1.165) is 37.0 Å². The lowest BCUT2D eigenvalue weighted by Crippen LogP contribution is -2.00. The molecule has 0 heterocycles. The Hall–Kier alpha value is -0.260. The van der Waals surface area contributed by atoms with Crippen LogP contribution < -0.4 is 0 Å². The molecule has 0 aromatic rings. The van der Waals surface area contributed by atoms with Gasteiger partial charge in [-0.2, -0.15) is 0 Å². The molecule has 0 fully saturated rings. The number of allylic oxidation sites excluding steroid dienone is 2. The first-order valence-corrected chi connectivity index (χ1v) is 13.3. The fraction of sp³-hybridized carbons (Fsp3) is 0.862. The first-order valence-electron chi connectivity index (χ1n) is 13.3. The molecule has 0 bridgehead atoms. The maximum Gasteiger partial charge on any atom is -0.0325 e. The van der Waals surface area contributed by atoms with Crippen LogP contribution in [-0.2, 0) is 0 Å². The highest BCUT2D eigenvalue weighted by Crippen LogP contribution is 2.22. The SMILES string of the molecule is [CH2]CC/C=C/CC(C)CCCC(C)CCCCC(C)CCCCCCCCC[CH2]. The first kappa shape index (κ1) is 28.7. The van der Waals surface area contributed by atoms with Crippen molar-refractivity contribution in [3.63, 3.8) is 0 Å². The zero-order valence-electron chi connectivity index (χ0n) is 20.7. The van der Waals surface area contributed by atoms with E-state index < -0.39 is 0 Å². The van der Waals surface area contributed by atoms with E-state index >= 15 is 0 Å². The van der Waals surface area contributed by atoms with Crippen molar-refractivity contribution in [1.29, 1.82) is 0 Å². The smallest absolute Gasteiger partial charge is 0.0325 e. The lowest BCUT2D eigenvalue weighted by atomic mass is 9.91. The summed E-state index contributed by atoms with van der Waals surface area (Å²) in [6, 6.07) is 0. The fourth-order valence-electron chi connectivity index (χ4n) is 4.32. The molecule has 0 aliphatic heterocycles. The molecule has 0 aromatic heterocycles. The quantitative estimate of drug-likeness (QED) is 0.124. The molecule has 0 nitrogen and oxygen atoms in total. The lowest BCUT2D eigenvalue weighted by Gasteiger charge is -2.15. The molecule has 172 valence electrons. The Morgan fingerprint density at radius 1 is 0.483 bits per heavy atom. The second-order valence-corrected chi connectivity index (χ2v) is 10.00. The molecule has 0 amide bonds. The van der Waals surface area contributed by atoms with Gasteiger partial charge < -0.3 is 0 Å². The average molecular weight is 405 g/mol. The maximum absolute atomic E-state index is 3.92. The Balaban J connectivity index is 3.43. The summed E-state index contributed by atoms with van der Waals surface area (Å²) in [5.41, 5.74) is 0. The third-order valence-electron chi connectivity index (χ3n) is 6.56. The molecular weight excluding hydrogens is 348 g/mol. The fourth-order valence-corrected chi connectivity index (χ4v) is 4.32. The van der Waals surface area contributed by atoms with Gasteiger partial charge in [0.15, 0.2) is 0 Å². The van der Waals surface area contributed by atoms with Crippen molar-refractivity contribution in [2.24, 2.45) is 17.8 Å². The van der Waals surface area contributed by atoms with Gasteiger partial charge in [-0.25, -0.2) is 0 Å². The summed E-state index contributed by atoms with van der Waals surface area (Å²) in [6.45, 7) is 15.2. The molecule has 0 N–H and O–H groups in total. The summed E-state index contributed by atoms with van der Waals surface area (Å²) >= 11 is 0. The van der Waals surface area contributed by atoms with E-state index in [1.165, 1.54) is 103 Å². The van der Waals surface area contributed by atoms with E-state index in [-0.39, 0.29) is 0 Å². The van der Waals surface area contributed by atoms with Crippen LogP contribution in [0.5, 0.6) is 0 Å². The zero-order chi connectivity index (χ0) is 21.6. The van der Waals surface area contributed by atoms with Gasteiger partial charge in [0.2, 0.25) is 0 Å². The number of hydrogen-bond acceptors (Lipinski definition) is 0. The van der Waals surface area contributed by atoms with Crippen LogP contribution in [0.2, 0.25) is 0 Å². The molecule has 3 unspecified atom stereocenters. The number of rotatable bonds is 22. The van der Waals surface area contributed by atoms with E-state index in [9.17, 15) is 0 Å². The molecule has 0 heteroatoms. The maximum atomic E-state index is 3.92. The monoisotopic (exact) mass is 404 g/mol. The van der Waals surface area contributed by atoms with Crippen LogP contribution in [0.3, 0.4) is 0 Å². The van der Waals surface area contributed by atoms with Gasteiger partial charge in [0.1, 0.15) is 0 Å². The predicted molar refractivity (Wildman–Crippen MR) is 135 cm³/mol. The number of unbranched alkanes of at least 4 members (excludes halogenated alkanes) is 9. The lowest BCUT2D eigenvalue weighted by molar-refractivity contribution is 0.391. The largest absolute Gasteiger partial charge is 0.0885 e. The molecule has 3 atom stereocenters.